The number of aromatic hydroxyl groups is 1. The molecule has 1 aromatic rings. The maximum Gasteiger partial charge on any atom is 0.226 e. The van der Waals surface area contributed by atoms with Crippen molar-refractivity contribution in [1.29, 1.82) is 0 Å². The van der Waals surface area contributed by atoms with Gasteiger partial charge in [0, 0.05) is 13.6 Å². The lowest BCUT2D eigenvalue weighted by Gasteiger charge is -2.16. The van der Waals surface area contributed by atoms with Crippen molar-refractivity contribution in [2.75, 3.05) is 20.1 Å². The fraction of sp³-hybridized carbons (Fsp3) is 0.417. The van der Waals surface area contributed by atoms with E-state index in [1.54, 1.807) is 36.2 Å². The number of carbonyl (C=O) groups excluding carboxylic acids is 1. The number of rotatable bonds is 5. The van der Waals surface area contributed by atoms with E-state index in [0.717, 1.165) is 12.0 Å². The van der Waals surface area contributed by atoms with Gasteiger partial charge in [-0.3, -0.25) is 4.79 Å². The molecule has 0 spiro atoms. The molecule has 0 radical (unpaired) electrons. The molecule has 0 heterocycles. The fourth-order valence-corrected chi connectivity index (χ4v) is 1.38. The van der Waals surface area contributed by atoms with Gasteiger partial charge in [0.05, 0.1) is 6.42 Å². The first-order valence-electron chi connectivity index (χ1n) is 5.35. The third-order valence-corrected chi connectivity index (χ3v) is 2.42. The molecule has 0 aliphatic carbocycles. The molecule has 0 saturated heterocycles. The number of amides is 1. The van der Waals surface area contributed by atoms with Gasteiger partial charge in [-0.15, -0.1) is 0 Å². The zero-order valence-electron chi connectivity index (χ0n) is 9.52. The number of hydrogen-bond donors (Lipinski definition) is 2. The van der Waals surface area contributed by atoms with E-state index in [1.165, 1.54) is 0 Å². The van der Waals surface area contributed by atoms with Crippen LogP contribution in [0.2, 0.25) is 0 Å². The molecule has 4 nitrogen and oxygen atoms in total. The van der Waals surface area contributed by atoms with Crippen LogP contribution in [-0.4, -0.2) is 36.1 Å². The molecule has 88 valence electrons. The van der Waals surface area contributed by atoms with Gasteiger partial charge in [-0.2, -0.15) is 0 Å². The molecule has 1 aromatic carbocycles. The second-order valence-electron chi connectivity index (χ2n) is 3.80. The van der Waals surface area contributed by atoms with Gasteiger partial charge < -0.3 is 15.7 Å². The van der Waals surface area contributed by atoms with Gasteiger partial charge in [0.2, 0.25) is 5.91 Å². The molecule has 3 N–H and O–H groups in total. The number of benzene rings is 1. The van der Waals surface area contributed by atoms with Crippen molar-refractivity contribution in [3.05, 3.63) is 29.8 Å². The van der Waals surface area contributed by atoms with Gasteiger partial charge >= 0.3 is 0 Å². The molecule has 0 aromatic heterocycles. The smallest absolute Gasteiger partial charge is 0.226 e. The molecular formula is C12H18N2O2. The van der Waals surface area contributed by atoms with Crippen molar-refractivity contribution in [2.24, 2.45) is 5.73 Å². The number of nitrogens with zero attached hydrogens (tertiary/aromatic N) is 1. The first kappa shape index (κ1) is 12.5. The maximum atomic E-state index is 11.7. The van der Waals surface area contributed by atoms with E-state index in [0.29, 0.717) is 19.5 Å². The molecular weight excluding hydrogens is 204 g/mol. The quantitative estimate of drug-likeness (QED) is 0.772. The Morgan fingerprint density at radius 3 is 2.56 bits per heavy atom. The minimum absolute atomic E-state index is 0.0686. The summed E-state index contributed by atoms with van der Waals surface area (Å²) in [6.45, 7) is 1.28. The van der Waals surface area contributed by atoms with Crippen LogP contribution in [0.1, 0.15) is 12.0 Å². The van der Waals surface area contributed by atoms with Crippen LogP contribution in [0.3, 0.4) is 0 Å². The zero-order valence-corrected chi connectivity index (χ0v) is 9.52. The predicted octanol–water partition coefficient (Wildman–Crippen LogP) is 0.742. The highest BCUT2D eigenvalue weighted by atomic mass is 16.3. The van der Waals surface area contributed by atoms with E-state index in [4.69, 9.17) is 10.8 Å². The Balaban J connectivity index is 2.47. The van der Waals surface area contributed by atoms with Crippen LogP contribution in [0.25, 0.3) is 0 Å². The molecule has 1 amide bonds. The Kier molecular flexibility index (Phi) is 4.79. The highest BCUT2D eigenvalue weighted by Crippen LogP contribution is 2.10. The van der Waals surface area contributed by atoms with Gasteiger partial charge in [-0.25, -0.2) is 0 Å². The van der Waals surface area contributed by atoms with Gasteiger partial charge in [0.15, 0.2) is 0 Å². The molecule has 0 aliphatic rings. The Morgan fingerprint density at radius 2 is 2.00 bits per heavy atom. The second-order valence-corrected chi connectivity index (χ2v) is 3.80. The Bertz CT molecular complexity index is 335. The molecule has 0 bridgehead atoms. The van der Waals surface area contributed by atoms with Crippen molar-refractivity contribution >= 4 is 5.91 Å². The third-order valence-electron chi connectivity index (χ3n) is 2.42. The van der Waals surface area contributed by atoms with Crippen LogP contribution in [0.5, 0.6) is 5.75 Å². The van der Waals surface area contributed by atoms with E-state index >= 15 is 0 Å². The lowest BCUT2D eigenvalue weighted by molar-refractivity contribution is -0.129. The number of nitrogens with two attached hydrogens (primary N) is 1. The molecule has 0 unspecified atom stereocenters. The van der Waals surface area contributed by atoms with E-state index in [-0.39, 0.29) is 11.7 Å². The van der Waals surface area contributed by atoms with Crippen molar-refractivity contribution in [2.45, 2.75) is 12.8 Å². The summed E-state index contributed by atoms with van der Waals surface area (Å²) < 4.78 is 0. The van der Waals surface area contributed by atoms with E-state index < -0.39 is 0 Å². The monoisotopic (exact) mass is 222 g/mol. The molecule has 1 rings (SSSR count). The number of phenolic OH excluding ortho intramolecular Hbond substituents is 1. The third kappa shape index (κ3) is 3.90. The summed E-state index contributed by atoms with van der Waals surface area (Å²) in [5.74, 6) is 0.284. The average molecular weight is 222 g/mol. The molecule has 0 aliphatic heterocycles. The minimum Gasteiger partial charge on any atom is -0.508 e. The Morgan fingerprint density at radius 1 is 1.38 bits per heavy atom. The summed E-state index contributed by atoms with van der Waals surface area (Å²) in [5.41, 5.74) is 6.29. The van der Waals surface area contributed by atoms with Crippen molar-refractivity contribution in [3.63, 3.8) is 0 Å². The molecule has 0 saturated carbocycles. The number of likely N-dealkylation sites (N-methyl/N-ethyl adjacent to an activating group) is 1. The van der Waals surface area contributed by atoms with Crippen molar-refractivity contribution in [3.8, 4) is 5.75 Å². The first-order chi connectivity index (χ1) is 7.63. The maximum absolute atomic E-state index is 11.7. The van der Waals surface area contributed by atoms with Gasteiger partial charge in [0.25, 0.3) is 0 Å². The lowest BCUT2D eigenvalue weighted by atomic mass is 10.1. The van der Waals surface area contributed by atoms with Gasteiger partial charge in [-0.1, -0.05) is 12.1 Å². The number of phenols is 1. The molecule has 16 heavy (non-hydrogen) atoms. The van der Waals surface area contributed by atoms with Crippen LogP contribution in [0, 0.1) is 0 Å². The largest absolute Gasteiger partial charge is 0.508 e. The summed E-state index contributed by atoms with van der Waals surface area (Å²) >= 11 is 0. The summed E-state index contributed by atoms with van der Waals surface area (Å²) in [6, 6.07) is 6.68. The molecule has 0 atom stereocenters. The lowest BCUT2D eigenvalue weighted by Crippen LogP contribution is -2.30. The van der Waals surface area contributed by atoms with Crippen LogP contribution >= 0.6 is 0 Å². The number of hydrogen-bond acceptors (Lipinski definition) is 3. The molecule has 0 fully saturated rings. The minimum atomic E-state index is 0.0686. The van der Waals surface area contributed by atoms with Gasteiger partial charge in [0.1, 0.15) is 5.75 Å². The van der Waals surface area contributed by atoms with Crippen LogP contribution < -0.4 is 5.73 Å². The summed E-state index contributed by atoms with van der Waals surface area (Å²) in [7, 11) is 1.78. The van der Waals surface area contributed by atoms with E-state index in [2.05, 4.69) is 0 Å². The van der Waals surface area contributed by atoms with Crippen LogP contribution in [0.15, 0.2) is 24.3 Å². The predicted molar refractivity (Wildman–Crippen MR) is 63.1 cm³/mol. The summed E-state index contributed by atoms with van der Waals surface area (Å²) in [5, 5.41) is 9.11. The first-order valence-corrected chi connectivity index (χ1v) is 5.35. The van der Waals surface area contributed by atoms with E-state index in [9.17, 15) is 4.79 Å². The van der Waals surface area contributed by atoms with Crippen LogP contribution in [0.4, 0.5) is 0 Å². The Hall–Kier alpha value is -1.55. The van der Waals surface area contributed by atoms with Crippen LogP contribution in [-0.2, 0) is 11.2 Å². The SMILES string of the molecule is CN(CCCN)C(=O)Cc1ccc(O)cc1. The fourth-order valence-electron chi connectivity index (χ4n) is 1.38. The van der Waals surface area contributed by atoms with Gasteiger partial charge in [-0.05, 0) is 30.7 Å². The highest BCUT2D eigenvalue weighted by Gasteiger charge is 2.08. The number of carbonyl (C=O) groups is 1. The summed E-state index contributed by atoms with van der Waals surface area (Å²) in [4.78, 5) is 13.4. The van der Waals surface area contributed by atoms with Crippen molar-refractivity contribution in [1.82, 2.24) is 4.90 Å². The average Bonchev–Trinajstić information content (AvgIpc) is 2.29. The molecule has 4 heteroatoms. The standard InChI is InChI=1S/C12H18N2O2/c1-14(8-2-7-13)12(16)9-10-3-5-11(15)6-4-10/h3-6,15H,2,7-9,13H2,1H3. The summed E-state index contributed by atoms with van der Waals surface area (Å²) in [6.07, 6.45) is 1.18. The highest BCUT2D eigenvalue weighted by molar-refractivity contribution is 5.78. The normalized spacial score (nSPS) is 10.1. The van der Waals surface area contributed by atoms with Crippen molar-refractivity contribution < 1.29 is 9.90 Å². The zero-order chi connectivity index (χ0) is 12.0. The topological polar surface area (TPSA) is 66.6 Å². The second kappa shape index (κ2) is 6.12. The Labute approximate surface area is 95.7 Å². The van der Waals surface area contributed by atoms with E-state index in [1.807, 2.05) is 0 Å².